The summed E-state index contributed by atoms with van der Waals surface area (Å²) in [6.07, 6.45) is 1.51. The van der Waals surface area contributed by atoms with E-state index >= 15 is 0 Å². The van der Waals surface area contributed by atoms with Crippen molar-refractivity contribution in [3.05, 3.63) is 29.5 Å². The smallest absolute Gasteiger partial charge is 0.211 e. The van der Waals surface area contributed by atoms with Crippen LogP contribution in [0.1, 0.15) is 5.56 Å². The first-order valence-corrected chi connectivity index (χ1v) is 6.60. The second-order valence-corrected chi connectivity index (χ2v) is 5.65. The van der Waals surface area contributed by atoms with Crippen LogP contribution >= 0.6 is 63.7 Å². The van der Waals surface area contributed by atoms with E-state index in [0.29, 0.717) is 6.54 Å². The Balaban J connectivity index is 3.31. The Hall–Kier alpha value is 0.520. The van der Waals surface area contributed by atoms with Crippen LogP contribution < -0.4 is 0 Å². The highest BCUT2D eigenvalue weighted by molar-refractivity contribution is 9.14. The molecule has 0 aliphatic heterocycles. The Morgan fingerprint density at radius 1 is 1.14 bits per heavy atom. The molecule has 0 unspecified atom stereocenters. The quantitative estimate of drug-likeness (QED) is 0.370. The maximum absolute atomic E-state index is 10.0. The minimum atomic E-state index is 0.294. The Kier molecular flexibility index (Phi) is 5.00. The minimum absolute atomic E-state index is 0.294. The number of hydrogen-bond acceptors (Lipinski definition) is 2. The molecule has 0 N–H and O–H groups in total. The lowest BCUT2D eigenvalue weighted by Gasteiger charge is -2.08. The monoisotopic (exact) mass is 445 g/mol. The molecule has 0 fully saturated rings. The summed E-state index contributed by atoms with van der Waals surface area (Å²) in [6, 6.07) is 1.91. The van der Waals surface area contributed by atoms with Gasteiger partial charge >= 0.3 is 0 Å². The maximum Gasteiger partial charge on any atom is 0.235 e. The van der Waals surface area contributed by atoms with Gasteiger partial charge in [0.2, 0.25) is 6.08 Å². The molecule has 74 valence electrons. The Morgan fingerprint density at radius 2 is 1.64 bits per heavy atom. The van der Waals surface area contributed by atoms with Gasteiger partial charge in [-0.3, -0.25) is 0 Å². The summed E-state index contributed by atoms with van der Waals surface area (Å²) >= 11 is 13.6. The number of nitrogens with zero attached hydrogens (tertiary/aromatic N) is 1. The maximum atomic E-state index is 10.0. The van der Waals surface area contributed by atoms with Gasteiger partial charge in [0.25, 0.3) is 0 Å². The first-order valence-electron chi connectivity index (χ1n) is 3.43. The van der Waals surface area contributed by atoms with Crippen LogP contribution in [0.15, 0.2) is 28.9 Å². The summed E-state index contributed by atoms with van der Waals surface area (Å²) in [5.41, 5.74) is 0.898. The van der Waals surface area contributed by atoms with Gasteiger partial charge < -0.3 is 0 Å². The molecule has 0 radical (unpaired) electrons. The van der Waals surface area contributed by atoms with Crippen LogP contribution in [0.4, 0.5) is 0 Å². The third-order valence-corrected chi connectivity index (χ3v) is 5.63. The Morgan fingerprint density at radius 3 is 2.07 bits per heavy atom. The van der Waals surface area contributed by atoms with Gasteiger partial charge in [-0.25, -0.2) is 9.79 Å². The second kappa shape index (κ2) is 5.56. The molecule has 2 nitrogen and oxygen atoms in total. The lowest BCUT2D eigenvalue weighted by molar-refractivity contribution is 0.562. The summed E-state index contributed by atoms with van der Waals surface area (Å²) < 4.78 is 3.57. The van der Waals surface area contributed by atoms with Gasteiger partial charge in [-0.15, -0.1) is 0 Å². The van der Waals surface area contributed by atoms with Crippen LogP contribution in [-0.4, -0.2) is 6.08 Å². The van der Waals surface area contributed by atoms with Gasteiger partial charge in [-0.1, -0.05) is 0 Å². The van der Waals surface area contributed by atoms with Gasteiger partial charge in [-0.05, 0) is 69.8 Å². The van der Waals surface area contributed by atoms with Gasteiger partial charge in [0.15, 0.2) is 0 Å². The molecule has 14 heavy (non-hydrogen) atoms. The summed E-state index contributed by atoms with van der Waals surface area (Å²) in [5, 5.41) is 0. The van der Waals surface area contributed by atoms with E-state index in [0.717, 1.165) is 23.5 Å². The fourth-order valence-electron chi connectivity index (χ4n) is 0.873. The van der Waals surface area contributed by atoms with Gasteiger partial charge in [0.05, 0.1) is 6.54 Å². The van der Waals surface area contributed by atoms with Crippen LogP contribution in [0.5, 0.6) is 0 Å². The molecule has 0 saturated carbocycles. The fourth-order valence-corrected chi connectivity index (χ4v) is 3.26. The zero-order valence-corrected chi connectivity index (χ0v) is 13.0. The van der Waals surface area contributed by atoms with Crippen LogP contribution in [-0.2, 0) is 11.3 Å². The van der Waals surface area contributed by atoms with Crippen molar-refractivity contribution in [1.29, 1.82) is 0 Å². The molecule has 0 aromatic heterocycles. The second-order valence-electron chi connectivity index (χ2n) is 2.35. The Bertz CT molecular complexity index is 386. The van der Waals surface area contributed by atoms with Crippen molar-refractivity contribution in [3.8, 4) is 0 Å². The summed E-state index contributed by atoms with van der Waals surface area (Å²) in [7, 11) is 0. The molecule has 1 rings (SSSR count). The number of carbonyl (C=O) groups excluding carboxylic acids is 1. The molecule has 0 amide bonds. The zero-order valence-electron chi connectivity index (χ0n) is 6.65. The molecule has 0 aliphatic rings. The molecule has 6 heteroatoms. The number of isocyanates is 1. The van der Waals surface area contributed by atoms with E-state index in [1.165, 1.54) is 6.08 Å². The molecule has 0 bridgehead atoms. The lowest BCUT2D eigenvalue weighted by atomic mass is 10.2. The highest BCUT2D eigenvalue weighted by Gasteiger charge is 2.11. The van der Waals surface area contributed by atoms with Crippen molar-refractivity contribution >= 4 is 69.8 Å². The Labute approximate surface area is 115 Å². The highest BCUT2D eigenvalue weighted by Crippen LogP contribution is 2.38. The van der Waals surface area contributed by atoms with Crippen molar-refractivity contribution in [2.45, 2.75) is 6.54 Å². The molecule has 0 saturated heterocycles. The van der Waals surface area contributed by atoms with E-state index < -0.39 is 0 Å². The van der Waals surface area contributed by atoms with Gasteiger partial charge in [-0.2, -0.15) is 0 Å². The predicted molar refractivity (Wildman–Crippen MR) is 69.1 cm³/mol. The fraction of sp³-hybridized carbons (Fsp3) is 0.125. The normalized spacial score (nSPS) is 9.71. The van der Waals surface area contributed by atoms with E-state index in [2.05, 4.69) is 68.7 Å². The third-order valence-electron chi connectivity index (χ3n) is 1.50. The summed E-state index contributed by atoms with van der Waals surface area (Å²) in [6.45, 7) is 0.294. The minimum Gasteiger partial charge on any atom is -0.211 e. The highest BCUT2D eigenvalue weighted by atomic mass is 79.9. The molecule has 1 aromatic carbocycles. The van der Waals surface area contributed by atoms with Gasteiger partial charge in [0.1, 0.15) is 0 Å². The first-order chi connectivity index (χ1) is 6.57. The number of hydrogen-bond donors (Lipinski definition) is 0. The summed E-state index contributed by atoms with van der Waals surface area (Å²) in [5.74, 6) is 0. The molecule has 0 aliphatic carbocycles. The SMILES string of the molecule is O=C=NCc1c(Br)c(Br)cc(Br)c1Br. The standard InChI is InChI=1S/C8H3Br4NO/c9-5-1-6(10)8(12)4(7(5)11)2-13-3-14/h1H,2H2. The van der Waals surface area contributed by atoms with E-state index in [4.69, 9.17) is 0 Å². The van der Waals surface area contributed by atoms with E-state index in [9.17, 15) is 4.79 Å². The molecule has 1 aromatic rings. The molecule has 0 spiro atoms. The van der Waals surface area contributed by atoms with Crippen molar-refractivity contribution in [1.82, 2.24) is 0 Å². The van der Waals surface area contributed by atoms with Crippen molar-refractivity contribution < 1.29 is 4.79 Å². The van der Waals surface area contributed by atoms with Crippen molar-refractivity contribution in [3.63, 3.8) is 0 Å². The molecular weight excluding hydrogens is 446 g/mol. The number of aliphatic imine (C=N–C) groups is 1. The van der Waals surface area contributed by atoms with E-state index in [1.807, 2.05) is 6.07 Å². The molecular formula is C8H3Br4NO. The largest absolute Gasteiger partial charge is 0.235 e. The average Bonchev–Trinajstić information content (AvgIpc) is 2.15. The average molecular weight is 449 g/mol. The topological polar surface area (TPSA) is 29.4 Å². The first kappa shape index (κ1) is 12.6. The van der Waals surface area contributed by atoms with E-state index in [1.54, 1.807) is 0 Å². The third kappa shape index (κ3) is 2.76. The molecule has 0 heterocycles. The van der Waals surface area contributed by atoms with Crippen molar-refractivity contribution in [2.24, 2.45) is 4.99 Å². The zero-order chi connectivity index (χ0) is 10.7. The number of benzene rings is 1. The van der Waals surface area contributed by atoms with Crippen LogP contribution in [0.2, 0.25) is 0 Å². The number of halogens is 4. The van der Waals surface area contributed by atoms with Crippen LogP contribution in [0.3, 0.4) is 0 Å². The van der Waals surface area contributed by atoms with Crippen molar-refractivity contribution in [2.75, 3.05) is 0 Å². The summed E-state index contributed by atoms with van der Waals surface area (Å²) in [4.78, 5) is 13.6. The number of rotatable bonds is 2. The van der Waals surface area contributed by atoms with Crippen LogP contribution in [0, 0.1) is 0 Å². The van der Waals surface area contributed by atoms with Gasteiger partial charge in [0, 0.05) is 23.5 Å². The predicted octanol–water partition coefficient (Wildman–Crippen LogP) is 4.57. The lowest BCUT2D eigenvalue weighted by Crippen LogP contribution is -1.89. The van der Waals surface area contributed by atoms with E-state index in [-0.39, 0.29) is 0 Å². The van der Waals surface area contributed by atoms with Crippen LogP contribution in [0.25, 0.3) is 0 Å². The molecule has 0 atom stereocenters.